The van der Waals surface area contributed by atoms with Crippen LogP contribution < -0.4 is 10.2 Å². The summed E-state index contributed by atoms with van der Waals surface area (Å²) in [5.41, 5.74) is 2.29. The van der Waals surface area contributed by atoms with Gasteiger partial charge in [-0.05, 0) is 63.2 Å². The van der Waals surface area contributed by atoms with Crippen LogP contribution in [0.1, 0.15) is 42.5 Å². The normalized spacial score (nSPS) is 16.3. The molecule has 1 aromatic carbocycles. The topological polar surface area (TPSA) is 48.5 Å². The second-order valence-electron chi connectivity index (χ2n) is 7.29. The number of nitrogens with one attached hydrogen (secondary N) is 1. The molecule has 1 fully saturated rings. The third-order valence-electron chi connectivity index (χ3n) is 5.32. The first-order chi connectivity index (χ1) is 13.8. The number of hydrogen-bond donors (Lipinski definition) is 1. The van der Waals surface area contributed by atoms with Gasteiger partial charge in [-0.3, -0.25) is 4.79 Å². The summed E-state index contributed by atoms with van der Waals surface area (Å²) >= 11 is 0. The van der Waals surface area contributed by atoms with Crippen LogP contribution in [0.2, 0.25) is 0 Å². The summed E-state index contributed by atoms with van der Waals surface area (Å²) < 4.78 is 0. The number of piperidine rings is 1. The number of carbonyl (C=O) groups excluding carboxylic acids is 1. The fraction of sp³-hybridized carbons (Fsp3) is 0.391. The molecule has 5 heteroatoms. The number of unbranched alkanes of at least 4 members (excludes halogenated alkanes) is 1. The number of amides is 1. The summed E-state index contributed by atoms with van der Waals surface area (Å²) in [7, 11) is 0. The van der Waals surface area contributed by atoms with Crippen LogP contribution in [0.3, 0.4) is 0 Å². The number of rotatable bonds is 4. The van der Waals surface area contributed by atoms with E-state index in [-0.39, 0.29) is 5.91 Å². The van der Waals surface area contributed by atoms with Crippen molar-refractivity contribution < 1.29 is 4.79 Å². The van der Waals surface area contributed by atoms with E-state index in [1.807, 2.05) is 35.2 Å². The van der Waals surface area contributed by atoms with Crippen molar-refractivity contribution in [1.29, 1.82) is 0 Å². The first kappa shape index (κ1) is 18.5. The van der Waals surface area contributed by atoms with Crippen LogP contribution in [0, 0.1) is 11.8 Å². The maximum atomic E-state index is 12.6. The SMILES string of the molecule is O=C1Nc2ccccc2N(CC#CCCCN2CCCCC2)c2ncccc21. The van der Waals surface area contributed by atoms with Crippen LogP contribution in [0.25, 0.3) is 0 Å². The predicted octanol–water partition coefficient (Wildman–Crippen LogP) is 4.05. The molecule has 2 aliphatic rings. The average Bonchev–Trinajstić information content (AvgIpc) is 2.86. The molecule has 2 aliphatic heterocycles. The van der Waals surface area contributed by atoms with Crippen molar-refractivity contribution in [2.45, 2.75) is 32.1 Å². The highest BCUT2D eigenvalue weighted by Gasteiger charge is 2.25. The molecule has 0 radical (unpaired) electrons. The third kappa shape index (κ3) is 4.18. The number of likely N-dealkylation sites (tertiary alicyclic amines) is 1. The van der Waals surface area contributed by atoms with Gasteiger partial charge in [-0.1, -0.05) is 24.5 Å². The van der Waals surface area contributed by atoms with E-state index in [1.54, 1.807) is 12.3 Å². The van der Waals surface area contributed by atoms with E-state index in [0.29, 0.717) is 17.9 Å². The second-order valence-corrected chi connectivity index (χ2v) is 7.29. The van der Waals surface area contributed by atoms with Crippen molar-refractivity contribution in [2.75, 3.05) is 36.4 Å². The summed E-state index contributed by atoms with van der Waals surface area (Å²) in [5, 5.41) is 2.98. The molecule has 0 aliphatic carbocycles. The summed E-state index contributed by atoms with van der Waals surface area (Å²) in [6.07, 6.45) is 7.77. The number of hydrogen-bond acceptors (Lipinski definition) is 4. The van der Waals surface area contributed by atoms with Crippen LogP contribution in [0.4, 0.5) is 17.2 Å². The Labute approximate surface area is 166 Å². The van der Waals surface area contributed by atoms with Gasteiger partial charge in [-0.15, -0.1) is 5.92 Å². The zero-order valence-electron chi connectivity index (χ0n) is 16.2. The molecule has 144 valence electrons. The van der Waals surface area contributed by atoms with Gasteiger partial charge in [0.05, 0.1) is 23.5 Å². The number of fused-ring (bicyclic) bond motifs is 2. The Morgan fingerprint density at radius 1 is 1.04 bits per heavy atom. The van der Waals surface area contributed by atoms with Crippen LogP contribution >= 0.6 is 0 Å². The number of aromatic nitrogens is 1. The van der Waals surface area contributed by atoms with E-state index >= 15 is 0 Å². The number of anilines is 3. The van der Waals surface area contributed by atoms with Crippen molar-refractivity contribution in [3.8, 4) is 11.8 Å². The molecule has 4 rings (SSSR count). The van der Waals surface area contributed by atoms with Crippen molar-refractivity contribution >= 4 is 23.1 Å². The Bertz CT molecular complexity index is 893. The smallest absolute Gasteiger partial charge is 0.259 e. The minimum absolute atomic E-state index is 0.132. The van der Waals surface area contributed by atoms with E-state index in [1.165, 1.54) is 32.4 Å². The largest absolute Gasteiger partial charge is 0.320 e. The van der Waals surface area contributed by atoms with Gasteiger partial charge >= 0.3 is 0 Å². The summed E-state index contributed by atoms with van der Waals surface area (Å²) in [6.45, 7) is 4.13. The van der Waals surface area contributed by atoms with E-state index in [2.05, 4.69) is 27.0 Å². The number of pyridine rings is 1. The molecule has 1 saturated heterocycles. The molecule has 28 heavy (non-hydrogen) atoms. The van der Waals surface area contributed by atoms with Gasteiger partial charge in [-0.25, -0.2) is 4.98 Å². The molecule has 0 spiro atoms. The number of nitrogens with zero attached hydrogens (tertiary/aromatic N) is 3. The third-order valence-corrected chi connectivity index (χ3v) is 5.32. The van der Waals surface area contributed by atoms with Crippen LogP contribution in [0.15, 0.2) is 42.6 Å². The molecule has 2 aromatic rings. The molecule has 0 bridgehead atoms. The first-order valence-electron chi connectivity index (χ1n) is 10.1. The van der Waals surface area contributed by atoms with E-state index < -0.39 is 0 Å². The lowest BCUT2D eigenvalue weighted by Gasteiger charge is -2.25. The van der Waals surface area contributed by atoms with Gasteiger partial charge in [0.25, 0.3) is 5.91 Å². The molecule has 0 saturated carbocycles. The average molecular weight is 374 g/mol. The predicted molar refractivity (Wildman–Crippen MR) is 113 cm³/mol. The minimum Gasteiger partial charge on any atom is -0.320 e. The Hall–Kier alpha value is -2.84. The highest BCUT2D eigenvalue weighted by atomic mass is 16.1. The second kappa shape index (κ2) is 8.90. The van der Waals surface area contributed by atoms with Gasteiger partial charge in [0.15, 0.2) is 0 Å². The number of carbonyl (C=O) groups is 1. The number of benzene rings is 1. The minimum atomic E-state index is -0.132. The highest BCUT2D eigenvalue weighted by molar-refractivity contribution is 6.11. The quantitative estimate of drug-likeness (QED) is 0.648. The van der Waals surface area contributed by atoms with Gasteiger partial charge < -0.3 is 15.1 Å². The fourth-order valence-corrected chi connectivity index (χ4v) is 3.87. The Balaban J connectivity index is 1.45. The van der Waals surface area contributed by atoms with Gasteiger partial charge in [0.2, 0.25) is 0 Å². The van der Waals surface area contributed by atoms with E-state index in [4.69, 9.17) is 0 Å². The van der Waals surface area contributed by atoms with Crippen molar-refractivity contribution in [1.82, 2.24) is 9.88 Å². The zero-order valence-corrected chi connectivity index (χ0v) is 16.2. The lowest BCUT2D eigenvalue weighted by molar-refractivity contribution is 0.102. The van der Waals surface area contributed by atoms with Gasteiger partial charge in [0, 0.05) is 12.6 Å². The van der Waals surface area contributed by atoms with Crippen molar-refractivity contribution in [2.24, 2.45) is 0 Å². The molecule has 1 aromatic heterocycles. The summed E-state index contributed by atoms with van der Waals surface area (Å²) in [6, 6.07) is 11.4. The molecule has 3 heterocycles. The first-order valence-corrected chi connectivity index (χ1v) is 10.1. The maximum Gasteiger partial charge on any atom is 0.259 e. The molecule has 0 unspecified atom stereocenters. The standard InChI is InChI=1S/C23H26N4O/c28-23-19-11-10-14-24-22(19)27(21-13-5-4-12-20(21)25-23)18-9-2-1-6-15-26-16-7-3-8-17-26/h4-5,10-14H,1,3,6-8,15-18H2,(H,25,28). The molecular weight excluding hydrogens is 348 g/mol. The highest BCUT2D eigenvalue weighted by Crippen LogP contribution is 2.35. The van der Waals surface area contributed by atoms with Gasteiger partial charge in [-0.2, -0.15) is 0 Å². The maximum absolute atomic E-state index is 12.6. The monoisotopic (exact) mass is 374 g/mol. The van der Waals surface area contributed by atoms with Crippen LogP contribution in [-0.4, -0.2) is 42.0 Å². The summed E-state index contributed by atoms with van der Waals surface area (Å²) in [4.78, 5) is 21.6. The molecular formula is C23H26N4O. The van der Waals surface area contributed by atoms with Crippen molar-refractivity contribution in [3.05, 3.63) is 48.2 Å². The molecule has 1 amide bonds. The molecule has 5 nitrogen and oxygen atoms in total. The Morgan fingerprint density at radius 2 is 1.89 bits per heavy atom. The molecule has 1 N–H and O–H groups in total. The summed E-state index contributed by atoms with van der Waals surface area (Å²) in [5.74, 6) is 7.14. The zero-order chi connectivity index (χ0) is 19.2. The van der Waals surface area contributed by atoms with Crippen molar-refractivity contribution in [3.63, 3.8) is 0 Å². The Kier molecular flexibility index (Phi) is 5.89. The Morgan fingerprint density at radius 3 is 2.79 bits per heavy atom. The van der Waals surface area contributed by atoms with Crippen LogP contribution in [0.5, 0.6) is 0 Å². The van der Waals surface area contributed by atoms with Crippen LogP contribution in [-0.2, 0) is 0 Å². The lowest BCUT2D eigenvalue weighted by atomic mass is 10.1. The fourth-order valence-electron chi connectivity index (χ4n) is 3.87. The van der Waals surface area contributed by atoms with Gasteiger partial charge in [0.1, 0.15) is 5.82 Å². The number of para-hydroxylation sites is 2. The molecule has 0 atom stereocenters. The lowest BCUT2D eigenvalue weighted by Crippen LogP contribution is -2.30. The van der Waals surface area contributed by atoms with E-state index in [9.17, 15) is 4.79 Å². The van der Waals surface area contributed by atoms with E-state index in [0.717, 1.165) is 30.8 Å².